The van der Waals surface area contributed by atoms with Crippen LogP contribution >= 0.6 is 0 Å². The first-order valence-electron chi connectivity index (χ1n) is 12.5. The van der Waals surface area contributed by atoms with Gasteiger partial charge in [-0.2, -0.15) is 0 Å². The largest absolute Gasteiger partial charge is 0.478 e. The first kappa shape index (κ1) is 25.2. The van der Waals surface area contributed by atoms with Gasteiger partial charge in [0.25, 0.3) is 0 Å². The summed E-state index contributed by atoms with van der Waals surface area (Å²) in [7, 11) is 1.67. The zero-order chi connectivity index (χ0) is 24.7. The summed E-state index contributed by atoms with van der Waals surface area (Å²) in [5.41, 5.74) is 4.99. The Balaban J connectivity index is 1.91. The minimum Gasteiger partial charge on any atom is -0.478 e. The summed E-state index contributed by atoms with van der Waals surface area (Å²) in [4.78, 5) is 18.8. The van der Waals surface area contributed by atoms with Crippen LogP contribution in [-0.2, 0) is 9.53 Å². The third-order valence-electron chi connectivity index (χ3n) is 9.20. The molecular weight excluding hydrogens is 436 g/mol. The summed E-state index contributed by atoms with van der Waals surface area (Å²) >= 11 is 0. The van der Waals surface area contributed by atoms with Gasteiger partial charge in [0.1, 0.15) is 5.60 Å². The number of nitrogens with zero attached hydrogens (tertiary/aromatic N) is 2. The standard InChI is InChI=1S/C25H40N4O5/c1-4-34-15-23(33)13-24-16(2)5-6-17(11-19(24)20(23)21(31)32)25(24)14-29(22(26)27-3)9-7-18(25)12-28-8-10-30/h7,9,16-18,28,30,33H,4-6,8,10-15H2,1-3H3,(H2,26,27)(H,31,32)/t16-,17-,18-,23-,24+,25-/m1/s1. The highest BCUT2D eigenvalue weighted by Gasteiger charge is 2.74. The van der Waals surface area contributed by atoms with Gasteiger partial charge in [-0.1, -0.05) is 13.0 Å². The van der Waals surface area contributed by atoms with Gasteiger partial charge in [-0.25, -0.2) is 4.79 Å². The van der Waals surface area contributed by atoms with Gasteiger partial charge in [-0.05, 0) is 55.9 Å². The predicted molar refractivity (Wildman–Crippen MR) is 129 cm³/mol. The number of allylic oxidation sites excluding steroid dienone is 1. The Bertz CT molecular complexity index is 904. The third kappa shape index (κ3) is 3.43. The second-order valence-corrected chi connectivity index (χ2v) is 10.5. The molecular formula is C25H40N4O5. The molecule has 3 aliphatic carbocycles. The Labute approximate surface area is 201 Å². The van der Waals surface area contributed by atoms with E-state index in [4.69, 9.17) is 10.5 Å². The maximum Gasteiger partial charge on any atom is 0.334 e. The molecule has 34 heavy (non-hydrogen) atoms. The summed E-state index contributed by atoms with van der Waals surface area (Å²) in [5.74, 6) is -0.0630. The summed E-state index contributed by atoms with van der Waals surface area (Å²) < 4.78 is 5.64. The van der Waals surface area contributed by atoms with Gasteiger partial charge in [0.2, 0.25) is 0 Å². The number of guanidine groups is 1. The van der Waals surface area contributed by atoms with Crippen molar-refractivity contribution in [3.8, 4) is 0 Å². The fourth-order valence-corrected chi connectivity index (χ4v) is 8.00. The van der Waals surface area contributed by atoms with E-state index in [2.05, 4.69) is 23.3 Å². The van der Waals surface area contributed by atoms with E-state index < -0.39 is 17.0 Å². The number of hydrogen-bond acceptors (Lipinski definition) is 6. The smallest absolute Gasteiger partial charge is 0.334 e. The van der Waals surface area contributed by atoms with Crippen LogP contribution in [0.5, 0.6) is 0 Å². The minimum absolute atomic E-state index is 0.0185. The van der Waals surface area contributed by atoms with Crippen LogP contribution in [0.2, 0.25) is 0 Å². The number of nitrogens with two attached hydrogens (primary N) is 1. The lowest BCUT2D eigenvalue weighted by molar-refractivity contribution is -0.139. The van der Waals surface area contributed by atoms with Crippen LogP contribution in [0.3, 0.4) is 0 Å². The third-order valence-corrected chi connectivity index (χ3v) is 9.20. The molecule has 2 fully saturated rings. The number of aliphatic carboxylic acids is 1. The van der Waals surface area contributed by atoms with Gasteiger partial charge < -0.3 is 36.0 Å². The van der Waals surface area contributed by atoms with Crippen LogP contribution in [0.15, 0.2) is 28.4 Å². The van der Waals surface area contributed by atoms with Gasteiger partial charge in [0.05, 0.1) is 18.8 Å². The number of aliphatic hydroxyl groups excluding tert-OH is 1. The van der Waals surface area contributed by atoms with Crippen molar-refractivity contribution < 1.29 is 24.9 Å². The van der Waals surface area contributed by atoms with Crippen molar-refractivity contribution in [2.45, 2.75) is 45.1 Å². The first-order valence-corrected chi connectivity index (χ1v) is 12.5. The highest BCUT2D eigenvalue weighted by Crippen LogP contribution is 2.77. The van der Waals surface area contributed by atoms with E-state index in [1.54, 1.807) is 7.05 Å². The Morgan fingerprint density at radius 2 is 2.18 bits per heavy atom. The van der Waals surface area contributed by atoms with E-state index >= 15 is 0 Å². The summed E-state index contributed by atoms with van der Waals surface area (Å²) in [5, 5.41) is 34.9. The number of ether oxygens (including phenoxy) is 1. The molecule has 190 valence electrons. The molecule has 4 rings (SSSR count). The van der Waals surface area contributed by atoms with Crippen LogP contribution in [0.1, 0.15) is 39.5 Å². The number of hydrogen-bond donors (Lipinski definition) is 5. The van der Waals surface area contributed by atoms with E-state index in [1.807, 2.05) is 18.0 Å². The second-order valence-electron chi connectivity index (χ2n) is 10.5. The number of nitrogens with one attached hydrogen (secondary N) is 1. The quantitative estimate of drug-likeness (QED) is 0.198. The fraction of sp³-hybridized carbons (Fsp3) is 0.760. The van der Waals surface area contributed by atoms with Crippen LogP contribution in [0.4, 0.5) is 0 Å². The topological polar surface area (TPSA) is 141 Å². The average Bonchev–Trinajstić information content (AvgIpc) is 3.16. The molecule has 0 amide bonds. The summed E-state index contributed by atoms with van der Waals surface area (Å²) in [6, 6.07) is 0. The average molecular weight is 477 g/mol. The van der Waals surface area contributed by atoms with Gasteiger partial charge in [-0.3, -0.25) is 4.99 Å². The molecule has 2 saturated carbocycles. The molecule has 6 atom stereocenters. The predicted octanol–water partition coefficient (Wildman–Crippen LogP) is 0.933. The molecule has 0 aromatic rings. The van der Waals surface area contributed by atoms with E-state index in [-0.39, 0.29) is 42.0 Å². The number of aliphatic imine (C=N–C) groups is 1. The maximum absolute atomic E-state index is 12.6. The van der Waals surface area contributed by atoms with Crippen molar-refractivity contribution in [3.63, 3.8) is 0 Å². The van der Waals surface area contributed by atoms with Crippen LogP contribution in [-0.4, -0.2) is 84.3 Å². The zero-order valence-corrected chi connectivity index (χ0v) is 20.6. The van der Waals surface area contributed by atoms with Crippen molar-refractivity contribution in [1.29, 1.82) is 0 Å². The van der Waals surface area contributed by atoms with Gasteiger partial charge in [0.15, 0.2) is 5.96 Å². The molecule has 4 aliphatic rings. The zero-order valence-electron chi connectivity index (χ0n) is 20.6. The Morgan fingerprint density at radius 1 is 1.41 bits per heavy atom. The normalized spacial score (nSPS) is 39.3. The molecule has 6 N–H and O–H groups in total. The van der Waals surface area contributed by atoms with Crippen LogP contribution in [0, 0.1) is 28.6 Å². The first-order chi connectivity index (χ1) is 16.2. The molecule has 2 bridgehead atoms. The second kappa shape index (κ2) is 9.26. The van der Waals surface area contributed by atoms with Crippen molar-refractivity contribution in [3.05, 3.63) is 23.4 Å². The molecule has 1 heterocycles. The molecule has 0 aromatic carbocycles. The number of carboxylic acid groups (broad SMARTS) is 1. The van der Waals surface area contributed by atoms with Crippen LogP contribution < -0.4 is 11.1 Å². The number of carboxylic acids is 1. The van der Waals surface area contributed by atoms with Crippen LogP contribution in [0.25, 0.3) is 0 Å². The maximum atomic E-state index is 12.6. The minimum atomic E-state index is -1.53. The molecule has 2 spiro atoms. The number of aliphatic hydroxyl groups is 2. The number of carbonyl (C=O) groups is 1. The number of rotatable bonds is 8. The van der Waals surface area contributed by atoms with Crippen molar-refractivity contribution in [1.82, 2.24) is 10.2 Å². The Morgan fingerprint density at radius 3 is 2.82 bits per heavy atom. The lowest BCUT2D eigenvalue weighted by Crippen LogP contribution is -2.62. The van der Waals surface area contributed by atoms with Gasteiger partial charge >= 0.3 is 5.97 Å². The molecule has 0 radical (unpaired) electrons. The van der Waals surface area contributed by atoms with Gasteiger partial charge in [-0.15, -0.1) is 0 Å². The molecule has 0 unspecified atom stereocenters. The summed E-state index contributed by atoms with van der Waals surface area (Å²) in [6.07, 6.45) is 7.16. The van der Waals surface area contributed by atoms with Crippen molar-refractivity contribution in [2.24, 2.45) is 39.3 Å². The van der Waals surface area contributed by atoms with E-state index in [0.717, 1.165) is 18.4 Å². The van der Waals surface area contributed by atoms with E-state index in [0.29, 0.717) is 45.0 Å². The van der Waals surface area contributed by atoms with Crippen molar-refractivity contribution in [2.75, 3.05) is 46.5 Å². The highest BCUT2D eigenvalue weighted by atomic mass is 16.5. The Hall–Kier alpha value is -1.94. The van der Waals surface area contributed by atoms with Gasteiger partial charge in [0, 0.05) is 50.3 Å². The fourth-order valence-electron chi connectivity index (χ4n) is 8.00. The molecule has 9 nitrogen and oxygen atoms in total. The molecule has 1 aliphatic heterocycles. The molecule has 0 saturated heterocycles. The van der Waals surface area contributed by atoms with E-state index in [1.165, 1.54) is 0 Å². The Kier molecular flexibility index (Phi) is 6.85. The van der Waals surface area contributed by atoms with Crippen molar-refractivity contribution >= 4 is 11.9 Å². The molecule has 0 aromatic heterocycles. The monoisotopic (exact) mass is 476 g/mol. The highest BCUT2D eigenvalue weighted by molar-refractivity contribution is 5.92. The lowest BCUT2D eigenvalue weighted by atomic mass is 9.46. The molecule has 9 heteroatoms. The SMILES string of the molecule is CCOC[C@]1(O)C[C@@]23C(=C1C(=O)O)C[C@@H](CC[C@H]2C)[C@@]31CN(C(N)=NC)C=C[C@@H]1CNCCO. The summed E-state index contributed by atoms with van der Waals surface area (Å²) in [6.45, 7) is 6.29. The lowest BCUT2D eigenvalue weighted by Gasteiger charge is -2.61. The van der Waals surface area contributed by atoms with E-state index in [9.17, 15) is 20.1 Å².